The molecular formula is C9H11NO5. The summed E-state index contributed by atoms with van der Waals surface area (Å²) in [6.07, 6.45) is 0.194. The Labute approximate surface area is 85.8 Å². The van der Waals surface area contributed by atoms with E-state index in [2.05, 4.69) is 9.89 Å². The number of ether oxygens (including phenoxy) is 1. The zero-order valence-electron chi connectivity index (χ0n) is 8.39. The van der Waals surface area contributed by atoms with Crippen molar-refractivity contribution in [1.29, 1.82) is 0 Å². The Morgan fingerprint density at radius 2 is 2.33 bits per heavy atom. The number of rotatable bonds is 4. The van der Waals surface area contributed by atoms with Crippen molar-refractivity contribution in [3.05, 3.63) is 17.5 Å². The van der Waals surface area contributed by atoms with E-state index in [4.69, 9.17) is 9.63 Å². The predicted octanol–water partition coefficient (Wildman–Crippen LogP) is 0.724. The normalized spacial score (nSPS) is 12.1. The zero-order chi connectivity index (χ0) is 11.4. The van der Waals surface area contributed by atoms with Gasteiger partial charge in [-0.15, -0.1) is 0 Å². The summed E-state index contributed by atoms with van der Waals surface area (Å²) in [5.41, 5.74) is 0.0464. The van der Waals surface area contributed by atoms with E-state index in [0.29, 0.717) is 5.76 Å². The second-order valence-corrected chi connectivity index (χ2v) is 3.11. The van der Waals surface area contributed by atoms with E-state index in [1.54, 1.807) is 6.92 Å². The first-order valence-electron chi connectivity index (χ1n) is 4.31. The second kappa shape index (κ2) is 4.59. The first kappa shape index (κ1) is 11.2. The molecule has 1 unspecified atom stereocenters. The number of aromatic nitrogens is 1. The van der Waals surface area contributed by atoms with Crippen LogP contribution in [0.5, 0.6) is 0 Å². The number of methoxy groups -OCH3 is 1. The van der Waals surface area contributed by atoms with Crippen molar-refractivity contribution in [2.75, 3.05) is 7.11 Å². The minimum Gasteiger partial charge on any atom is -0.481 e. The van der Waals surface area contributed by atoms with Gasteiger partial charge in [0.05, 0.1) is 13.0 Å². The van der Waals surface area contributed by atoms with Crippen LogP contribution in [0.4, 0.5) is 0 Å². The summed E-state index contributed by atoms with van der Waals surface area (Å²) in [4.78, 5) is 21.5. The van der Waals surface area contributed by atoms with E-state index in [1.807, 2.05) is 0 Å². The van der Waals surface area contributed by atoms with Gasteiger partial charge in [0.15, 0.2) is 5.69 Å². The molecule has 6 nitrogen and oxygen atoms in total. The van der Waals surface area contributed by atoms with Gasteiger partial charge in [0.1, 0.15) is 5.76 Å². The third kappa shape index (κ3) is 2.80. The second-order valence-electron chi connectivity index (χ2n) is 3.11. The number of carbonyl (C=O) groups excluding carboxylic acids is 1. The quantitative estimate of drug-likeness (QED) is 0.741. The largest absolute Gasteiger partial charge is 0.481 e. The summed E-state index contributed by atoms with van der Waals surface area (Å²) in [6, 6.07) is 1.38. The van der Waals surface area contributed by atoms with Crippen molar-refractivity contribution in [3.63, 3.8) is 0 Å². The molecule has 0 amide bonds. The molecule has 1 N–H and O–H groups in total. The fourth-order valence-electron chi connectivity index (χ4n) is 0.999. The fraction of sp³-hybridized carbons (Fsp3) is 0.444. The van der Waals surface area contributed by atoms with Crippen LogP contribution in [0.3, 0.4) is 0 Å². The third-order valence-electron chi connectivity index (χ3n) is 1.88. The Bertz CT molecular complexity index is 370. The zero-order valence-corrected chi connectivity index (χ0v) is 8.39. The molecular weight excluding hydrogens is 202 g/mol. The molecule has 0 saturated carbocycles. The topological polar surface area (TPSA) is 89.6 Å². The van der Waals surface area contributed by atoms with E-state index >= 15 is 0 Å². The highest BCUT2D eigenvalue weighted by atomic mass is 16.5. The van der Waals surface area contributed by atoms with E-state index in [9.17, 15) is 9.59 Å². The van der Waals surface area contributed by atoms with Gasteiger partial charge >= 0.3 is 11.9 Å². The molecule has 0 spiro atoms. The van der Waals surface area contributed by atoms with Crippen LogP contribution in [0.15, 0.2) is 10.6 Å². The van der Waals surface area contributed by atoms with Crippen molar-refractivity contribution in [1.82, 2.24) is 5.16 Å². The third-order valence-corrected chi connectivity index (χ3v) is 1.88. The number of esters is 1. The van der Waals surface area contributed by atoms with Gasteiger partial charge in [0.25, 0.3) is 0 Å². The van der Waals surface area contributed by atoms with Crippen molar-refractivity contribution in [2.45, 2.75) is 13.3 Å². The molecule has 0 aliphatic rings. The first-order chi connectivity index (χ1) is 7.04. The fourth-order valence-corrected chi connectivity index (χ4v) is 0.999. The Morgan fingerprint density at radius 3 is 2.87 bits per heavy atom. The molecule has 0 fully saturated rings. The minimum atomic E-state index is -0.925. The summed E-state index contributed by atoms with van der Waals surface area (Å²) in [5.74, 6) is -1.76. The number of nitrogens with zero attached hydrogens (tertiary/aromatic N) is 1. The van der Waals surface area contributed by atoms with Crippen LogP contribution in [0.25, 0.3) is 0 Å². The number of carboxylic acids is 1. The first-order valence-corrected chi connectivity index (χ1v) is 4.31. The molecule has 0 aliphatic carbocycles. The monoisotopic (exact) mass is 213 g/mol. The molecule has 6 heteroatoms. The summed E-state index contributed by atoms with van der Waals surface area (Å²) >= 11 is 0. The lowest BCUT2D eigenvalue weighted by molar-refractivity contribution is -0.141. The van der Waals surface area contributed by atoms with E-state index in [1.165, 1.54) is 13.2 Å². The molecule has 1 heterocycles. The Kier molecular flexibility index (Phi) is 3.43. The van der Waals surface area contributed by atoms with Crippen LogP contribution in [0, 0.1) is 5.92 Å². The molecule has 15 heavy (non-hydrogen) atoms. The summed E-state index contributed by atoms with van der Waals surface area (Å²) in [5, 5.41) is 12.1. The maximum absolute atomic E-state index is 11.0. The highest BCUT2D eigenvalue weighted by molar-refractivity contribution is 5.86. The van der Waals surface area contributed by atoms with Gasteiger partial charge in [-0.05, 0) is 0 Å². The molecule has 0 aliphatic heterocycles. The lowest BCUT2D eigenvalue weighted by Gasteiger charge is -2.00. The minimum absolute atomic E-state index is 0.0464. The van der Waals surface area contributed by atoms with Gasteiger partial charge in [-0.25, -0.2) is 4.79 Å². The Balaban J connectivity index is 2.68. The van der Waals surface area contributed by atoms with Crippen LogP contribution >= 0.6 is 0 Å². The predicted molar refractivity (Wildman–Crippen MR) is 48.3 cm³/mol. The number of hydrogen-bond donors (Lipinski definition) is 1. The maximum atomic E-state index is 11.0. The van der Waals surface area contributed by atoms with Crippen LogP contribution in [0.2, 0.25) is 0 Å². The van der Waals surface area contributed by atoms with Gasteiger partial charge in [-0.2, -0.15) is 0 Å². The van der Waals surface area contributed by atoms with Crippen LogP contribution in [-0.2, 0) is 16.0 Å². The van der Waals surface area contributed by atoms with E-state index < -0.39 is 17.9 Å². The van der Waals surface area contributed by atoms with Crippen molar-refractivity contribution >= 4 is 11.9 Å². The maximum Gasteiger partial charge on any atom is 0.360 e. The van der Waals surface area contributed by atoms with Crippen molar-refractivity contribution < 1.29 is 24.0 Å². The summed E-state index contributed by atoms with van der Waals surface area (Å²) in [6.45, 7) is 1.54. The van der Waals surface area contributed by atoms with Crippen LogP contribution < -0.4 is 0 Å². The molecule has 0 saturated heterocycles. The van der Waals surface area contributed by atoms with Gasteiger partial charge in [-0.3, -0.25) is 4.79 Å². The van der Waals surface area contributed by atoms with Gasteiger partial charge < -0.3 is 14.4 Å². The lowest BCUT2D eigenvalue weighted by Crippen LogP contribution is -2.11. The van der Waals surface area contributed by atoms with Crippen molar-refractivity contribution in [3.8, 4) is 0 Å². The average Bonchev–Trinajstić information content (AvgIpc) is 2.65. The molecule has 1 rings (SSSR count). The van der Waals surface area contributed by atoms with Gasteiger partial charge in [0, 0.05) is 12.5 Å². The molecule has 1 atom stereocenters. The van der Waals surface area contributed by atoms with Crippen LogP contribution in [-0.4, -0.2) is 29.3 Å². The molecule has 0 radical (unpaired) electrons. The number of carbonyl (C=O) groups is 2. The SMILES string of the molecule is COC(=O)c1cc(CC(C)C(=O)O)on1. The standard InChI is InChI=1S/C9H11NO5/c1-5(8(11)12)3-6-4-7(10-15-6)9(13)14-2/h4-5H,3H2,1-2H3,(H,11,12). The van der Waals surface area contributed by atoms with Crippen LogP contribution in [0.1, 0.15) is 23.2 Å². The molecule has 0 bridgehead atoms. The molecule has 1 aromatic heterocycles. The molecule has 0 aromatic carbocycles. The summed E-state index contributed by atoms with van der Waals surface area (Å²) < 4.78 is 9.22. The van der Waals surface area contributed by atoms with Crippen molar-refractivity contribution in [2.24, 2.45) is 5.92 Å². The Hall–Kier alpha value is -1.85. The number of carboxylic acid groups (broad SMARTS) is 1. The Morgan fingerprint density at radius 1 is 1.67 bits per heavy atom. The smallest absolute Gasteiger partial charge is 0.360 e. The highest BCUT2D eigenvalue weighted by Gasteiger charge is 2.17. The summed E-state index contributed by atoms with van der Waals surface area (Å²) in [7, 11) is 1.23. The van der Waals surface area contributed by atoms with E-state index in [0.717, 1.165) is 0 Å². The highest BCUT2D eigenvalue weighted by Crippen LogP contribution is 2.11. The van der Waals surface area contributed by atoms with E-state index in [-0.39, 0.29) is 12.1 Å². The van der Waals surface area contributed by atoms with Gasteiger partial charge in [-0.1, -0.05) is 12.1 Å². The molecule has 1 aromatic rings. The van der Waals surface area contributed by atoms with Gasteiger partial charge in [0.2, 0.25) is 0 Å². The average molecular weight is 213 g/mol. The molecule has 82 valence electrons. The number of hydrogen-bond acceptors (Lipinski definition) is 5. The lowest BCUT2D eigenvalue weighted by atomic mass is 10.1. The number of aliphatic carboxylic acids is 1.